The number of aldehydes is 1. The third-order valence-electron chi connectivity index (χ3n) is 2.96. The molecule has 0 radical (unpaired) electrons. The van der Waals surface area contributed by atoms with Crippen LogP contribution in [0.15, 0.2) is 18.2 Å². The molecule has 0 aromatic heterocycles. The van der Waals surface area contributed by atoms with Gasteiger partial charge in [0.15, 0.2) is 6.29 Å². The fraction of sp³-hybridized carbons (Fsp3) is 0.417. The van der Waals surface area contributed by atoms with E-state index in [0.717, 1.165) is 32.5 Å². The molecule has 4 heteroatoms. The Morgan fingerprint density at radius 1 is 1.25 bits per heavy atom. The zero-order valence-electron chi connectivity index (χ0n) is 9.32. The highest BCUT2D eigenvalue weighted by molar-refractivity contribution is 5.84. The van der Waals surface area contributed by atoms with Crippen LogP contribution in [0.5, 0.6) is 0 Å². The van der Waals surface area contributed by atoms with Crippen LogP contribution in [0.3, 0.4) is 0 Å². The second-order valence-corrected chi connectivity index (χ2v) is 4.09. The highest BCUT2D eigenvalue weighted by atomic mass is 19.1. The molecule has 0 bridgehead atoms. The van der Waals surface area contributed by atoms with E-state index in [1.807, 2.05) is 11.9 Å². The van der Waals surface area contributed by atoms with E-state index in [-0.39, 0.29) is 5.82 Å². The Labute approximate surface area is 94.5 Å². The van der Waals surface area contributed by atoms with E-state index < -0.39 is 0 Å². The van der Waals surface area contributed by atoms with Gasteiger partial charge in [0.1, 0.15) is 5.82 Å². The fourth-order valence-electron chi connectivity index (χ4n) is 1.99. The number of nitrogens with zero attached hydrogens (tertiary/aromatic N) is 2. The summed E-state index contributed by atoms with van der Waals surface area (Å²) in [5.41, 5.74) is 0.884. The van der Waals surface area contributed by atoms with E-state index in [4.69, 9.17) is 0 Å². The smallest absolute Gasteiger partial charge is 0.152 e. The van der Waals surface area contributed by atoms with Crippen molar-refractivity contribution in [2.75, 3.05) is 38.1 Å². The number of likely N-dealkylation sites (N-methyl/N-ethyl adjacent to an activating group) is 1. The van der Waals surface area contributed by atoms with Crippen LogP contribution < -0.4 is 4.90 Å². The van der Waals surface area contributed by atoms with Crippen molar-refractivity contribution in [3.63, 3.8) is 0 Å². The second-order valence-electron chi connectivity index (χ2n) is 4.09. The third-order valence-corrected chi connectivity index (χ3v) is 2.96. The normalized spacial score (nSPS) is 17.5. The van der Waals surface area contributed by atoms with Gasteiger partial charge in [-0.05, 0) is 19.2 Å². The lowest BCUT2D eigenvalue weighted by Crippen LogP contribution is -2.45. The molecule has 3 nitrogen and oxygen atoms in total. The van der Waals surface area contributed by atoms with Gasteiger partial charge in [0.25, 0.3) is 0 Å². The first-order valence-electron chi connectivity index (χ1n) is 5.39. The molecule has 0 saturated carbocycles. The van der Waals surface area contributed by atoms with Crippen molar-refractivity contribution < 1.29 is 9.18 Å². The largest absolute Gasteiger partial charge is 0.366 e. The highest BCUT2D eigenvalue weighted by Gasteiger charge is 2.19. The highest BCUT2D eigenvalue weighted by Crippen LogP contribution is 2.24. The molecule has 0 atom stereocenters. The molecule has 1 aliphatic heterocycles. The topological polar surface area (TPSA) is 23.6 Å². The maximum atomic E-state index is 13.7. The zero-order chi connectivity index (χ0) is 11.5. The van der Waals surface area contributed by atoms with Crippen LogP contribution in [0.25, 0.3) is 0 Å². The minimum absolute atomic E-state index is 0.311. The van der Waals surface area contributed by atoms with E-state index in [2.05, 4.69) is 4.90 Å². The van der Waals surface area contributed by atoms with Crippen LogP contribution in [0.4, 0.5) is 10.1 Å². The summed E-state index contributed by atoms with van der Waals surface area (Å²) >= 11 is 0. The number of para-hydroxylation sites is 1. The van der Waals surface area contributed by atoms with Gasteiger partial charge in [-0.25, -0.2) is 4.39 Å². The summed E-state index contributed by atoms with van der Waals surface area (Å²) in [6.45, 7) is 3.32. The Hall–Kier alpha value is -1.42. The van der Waals surface area contributed by atoms with Crippen LogP contribution in [0.2, 0.25) is 0 Å². The second kappa shape index (κ2) is 4.61. The predicted octanol–water partition coefficient (Wildman–Crippen LogP) is 1.39. The molecule has 0 aliphatic carbocycles. The Morgan fingerprint density at radius 3 is 2.56 bits per heavy atom. The van der Waals surface area contributed by atoms with Gasteiger partial charge in [-0.2, -0.15) is 0 Å². The van der Waals surface area contributed by atoms with Crippen molar-refractivity contribution >= 4 is 12.0 Å². The molecule has 2 rings (SSSR count). The zero-order valence-corrected chi connectivity index (χ0v) is 9.32. The molecule has 1 aromatic carbocycles. The molecule has 1 heterocycles. The third kappa shape index (κ3) is 2.07. The van der Waals surface area contributed by atoms with Crippen molar-refractivity contribution in [1.82, 2.24) is 4.90 Å². The van der Waals surface area contributed by atoms with E-state index in [1.54, 1.807) is 12.1 Å². The van der Waals surface area contributed by atoms with Gasteiger partial charge >= 0.3 is 0 Å². The Balaban J connectivity index is 2.28. The van der Waals surface area contributed by atoms with Gasteiger partial charge in [-0.3, -0.25) is 4.79 Å². The number of benzene rings is 1. The number of hydrogen-bond donors (Lipinski definition) is 0. The molecule has 1 saturated heterocycles. The van der Waals surface area contributed by atoms with Crippen LogP contribution in [0, 0.1) is 5.82 Å². The molecular weight excluding hydrogens is 207 g/mol. The summed E-state index contributed by atoms with van der Waals surface area (Å²) in [5, 5.41) is 0. The fourth-order valence-corrected chi connectivity index (χ4v) is 1.99. The average molecular weight is 222 g/mol. The average Bonchev–Trinajstić information content (AvgIpc) is 2.30. The van der Waals surface area contributed by atoms with Gasteiger partial charge < -0.3 is 9.80 Å². The Bertz CT molecular complexity index is 387. The Morgan fingerprint density at radius 2 is 1.94 bits per heavy atom. The first-order valence-corrected chi connectivity index (χ1v) is 5.39. The number of carbonyl (C=O) groups excluding carboxylic acids is 1. The van der Waals surface area contributed by atoms with Crippen LogP contribution in [-0.4, -0.2) is 44.4 Å². The number of halogens is 1. The van der Waals surface area contributed by atoms with Crippen LogP contribution >= 0.6 is 0 Å². The summed E-state index contributed by atoms with van der Waals surface area (Å²) in [6.07, 6.45) is 0.719. The summed E-state index contributed by atoms with van der Waals surface area (Å²) in [6, 6.07) is 4.63. The number of carbonyl (C=O) groups is 1. The van der Waals surface area contributed by atoms with Gasteiger partial charge in [-0.1, -0.05) is 6.07 Å². The number of rotatable bonds is 2. The van der Waals surface area contributed by atoms with Crippen LogP contribution in [0.1, 0.15) is 10.4 Å². The molecule has 0 amide bonds. The van der Waals surface area contributed by atoms with E-state index in [0.29, 0.717) is 11.3 Å². The quantitative estimate of drug-likeness (QED) is 0.706. The minimum Gasteiger partial charge on any atom is -0.366 e. The van der Waals surface area contributed by atoms with Crippen molar-refractivity contribution in [2.24, 2.45) is 0 Å². The lowest BCUT2D eigenvalue weighted by atomic mass is 10.1. The monoisotopic (exact) mass is 222 g/mol. The first-order chi connectivity index (χ1) is 7.72. The molecule has 0 N–H and O–H groups in total. The molecule has 1 aromatic rings. The minimum atomic E-state index is -0.311. The summed E-state index contributed by atoms with van der Waals surface area (Å²) in [7, 11) is 2.04. The lowest BCUT2D eigenvalue weighted by molar-refractivity contribution is 0.112. The molecule has 1 aliphatic rings. The number of hydrogen-bond acceptors (Lipinski definition) is 3. The van der Waals surface area contributed by atoms with E-state index in [1.165, 1.54) is 6.07 Å². The van der Waals surface area contributed by atoms with Crippen LogP contribution in [-0.2, 0) is 0 Å². The Kier molecular flexibility index (Phi) is 3.19. The van der Waals surface area contributed by atoms with Crippen molar-refractivity contribution in [3.8, 4) is 0 Å². The SMILES string of the molecule is CN1CCN(c2c(F)cccc2C=O)CC1. The molecule has 86 valence electrons. The molecule has 0 spiro atoms. The predicted molar refractivity (Wildman–Crippen MR) is 61.5 cm³/mol. The van der Waals surface area contributed by atoms with Gasteiger partial charge in [-0.15, -0.1) is 0 Å². The van der Waals surface area contributed by atoms with Crippen molar-refractivity contribution in [3.05, 3.63) is 29.6 Å². The molecule has 0 unspecified atom stereocenters. The first kappa shape index (κ1) is 11.1. The maximum Gasteiger partial charge on any atom is 0.152 e. The summed E-state index contributed by atoms with van der Waals surface area (Å²) in [5.74, 6) is -0.311. The summed E-state index contributed by atoms with van der Waals surface area (Å²) < 4.78 is 13.7. The summed E-state index contributed by atoms with van der Waals surface area (Å²) in [4.78, 5) is 15.0. The molecule has 1 fully saturated rings. The molecular formula is C12H15FN2O. The number of piperazine rings is 1. The maximum absolute atomic E-state index is 13.7. The lowest BCUT2D eigenvalue weighted by Gasteiger charge is -2.34. The van der Waals surface area contributed by atoms with Gasteiger partial charge in [0, 0.05) is 31.7 Å². The van der Waals surface area contributed by atoms with Gasteiger partial charge in [0.2, 0.25) is 0 Å². The van der Waals surface area contributed by atoms with E-state index >= 15 is 0 Å². The number of anilines is 1. The molecule has 16 heavy (non-hydrogen) atoms. The van der Waals surface area contributed by atoms with E-state index in [9.17, 15) is 9.18 Å². The van der Waals surface area contributed by atoms with Crippen molar-refractivity contribution in [1.29, 1.82) is 0 Å². The van der Waals surface area contributed by atoms with Crippen molar-refractivity contribution in [2.45, 2.75) is 0 Å². The van der Waals surface area contributed by atoms with Gasteiger partial charge in [0.05, 0.1) is 5.69 Å². The standard InChI is InChI=1S/C12H15FN2O/c1-14-5-7-15(8-6-14)12-10(9-16)3-2-4-11(12)13/h2-4,9H,5-8H2,1H3.